The van der Waals surface area contributed by atoms with Gasteiger partial charge in [-0.25, -0.2) is 4.90 Å². The molecule has 0 saturated carbocycles. The van der Waals surface area contributed by atoms with Crippen molar-refractivity contribution in [2.24, 2.45) is 0 Å². The number of amides is 2. The molecule has 132 valence electrons. The van der Waals surface area contributed by atoms with E-state index >= 15 is 0 Å². The zero-order valence-electron chi connectivity index (χ0n) is 13.8. The molecular formula is C17H17BrN2O4S. The van der Waals surface area contributed by atoms with Crippen LogP contribution in [-0.4, -0.2) is 35.0 Å². The molecule has 0 spiro atoms. The molecule has 0 aromatic heterocycles. The van der Waals surface area contributed by atoms with E-state index in [0.717, 1.165) is 4.90 Å². The molecular weight excluding hydrogens is 408 g/mol. The van der Waals surface area contributed by atoms with E-state index in [1.54, 1.807) is 24.3 Å². The maximum Gasteiger partial charge on any atom is 0.283 e. The highest BCUT2D eigenvalue weighted by molar-refractivity contribution is 9.10. The molecule has 1 aliphatic rings. The summed E-state index contributed by atoms with van der Waals surface area (Å²) in [5.41, 5.74) is 0.902. The van der Waals surface area contributed by atoms with Crippen LogP contribution in [-0.2, 0) is 9.59 Å². The van der Waals surface area contributed by atoms with Crippen molar-refractivity contribution in [3.05, 3.63) is 40.5 Å². The number of benzene rings is 1. The lowest BCUT2D eigenvalue weighted by Crippen LogP contribution is -2.34. The van der Waals surface area contributed by atoms with Gasteiger partial charge in [0.2, 0.25) is 5.91 Å². The zero-order chi connectivity index (χ0) is 18.6. The van der Waals surface area contributed by atoms with Gasteiger partial charge < -0.3 is 14.8 Å². The van der Waals surface area contributed by atoms with E-state index in [1.165, 1.54) is 6.92 Å². The summed E-state index contributed by atoms with van der Waals surface area (Å²) in [7, 11) is 0. The number of thiocarbonyl (C=S) groups is 1. The molecule has 1 fully saturated rings. The van der Waals surface area contributed by atoms with Crippen LogP contribution in [0, 0.1) is 0 Å². The zero-order valence-corrected chi connectivity index (χ0v) is 16.2. The fraction of sp³-hybridized carbons (Fsp3) is 0.235. The van der Waals surface area contributed by atoms with Gasteiger partial charge in [0.05, 0.1) is 11.1 Å². The van der Waals surface area contributed by atoms with Crippen LogP contribution in [0.25, 0.3) is 6.08 Å². The summed E-state index contributed by atoms with van der Waals surface area (Å²) in [4.78, 5) is 24.7. The Bertz CT molecular complexity index is 776. The Hall–Kier alpha value is -2.19. The maximum absolute atomic E-state index is 12.3. The van der Waals surface area contributed by atoms with Crippen molar-refractivity contribution in [2.75, 3.05) is 13.2 Å². The third-order valence-corrected chi connectivity index (χ3v) is 4.05. The van der Waals surface area contributed by atoms with Crippen molar-refractivity contribution in [3.63, 3.8) is 0 Å². The fourth-order valence-electron chi connectivity index (χ4n) is 2.20. The number of nitrogens with zero attached hydrogens (tertiary/aromatic N) is 1. The molecule has 6 nitrogen and oxygen atoms in total. The molecule has 1 aliphatic heterocycles. The maximum atomic E-state index is 12.3. The van der Waals surface area contributed by atoms with Crippen LogP contribution in [0.3, 0.4) is 0 Å². The van der Waals surface area contributed by atoms with Gasteiger partial charge in [0.15, 0.2) is 16.6 Å². The summed E-state index contributed by atoms with van der Waals surface area (Å²) in [5, 5.41) is 2.82. The number of carbonyl (C=O) groups excluding carboxylic acids is 2. The highest BCUT2D eigenvalue weighted by Gasteiger charge is 2.33. The van der Waals surface area contributed by atoms with Gasteiger partial charge >= 0.3 is 0 Å². The molecule has 1 N–H and O–H groups in total. The van der Waals surface area contributed by atoms with Crippen LogP contribution in [0.4, 0.5) is 0 Å². The first kappa shape index (κ1) is 19.1. The lowest BCUT2D eigenvalue weighted by molar-refractivity contribution is -0.135. The molecule has 1 saturated heterocycles. The molecule has 0 bridgehead atoms. The van der Waals surface area contributed by atoms with Crippen molar-refractivity contribution in [2.45, 2.75) is 13.8 Å². The summed E-state index contributed by atoms with van der Waals surface area (Å²) >= 11 is 8.46. The lowest BCUT2D eigenvalue weighted by atomic mass is 10.1. The second-order valence-electron chi connectivity index (χ2n) is 5.01. The predicted molar refractivity (Wildman–Crippen MR) is 102 cm³/mol. The Morgan fingerprint density at radius 1 is 1.44 bits per heavy atom. The second kappa shape index (κ2) is 8.26. The van der Waals surface area contributed by atoms with Gasteiger partial charge in [-0.2, -0.15) is 0 Å². The Morgan fingerprint density at radius 2 is 2.16 bits per heavy atom. The molecule has 1 aromatic carbocycles. The first-order valence-corrected chi connectivity index (χ1v) is 8.66. The quantitative estimate of drug-likeness (QED) is 0.430. The van der Waals surface area contributed by atoms with Crippen molar-refractivity contribution in [1.29, 1.82) is 0 Å². The number of imide groups is 1. The van der Waals surface area contributed by atoms with Gasteiger partial charge in [-0.3, -0.25) is 9.59 Å². The topological polar surface area (TPSA) is 67.9 Å². The van der Waals surface area contributed by atoms with E-state index in [-0.39, 0.29) is 10.8 Å². The standard InChI is InChI=1S/C17H17BrN2O4S/c1-4-6-24-15-12(18)7-11(9-14(15)23-5-2)8-13-16(22)20(10(3)21)17(25)19-13/h4,7-9H,1,5-6H2,2-3H3,(H,19,25)/b13-8+. The van der Waals surface area contributed by atoms with Gasteiger partial charge in [0, 0.05) is 6.92 Å². The lowest BCUT2D eigenvalue weighted by Gasteiger charge is -2.13. The number of halogens is 1. The van der Waals surface area contributed by atoms with E-state index in [0.29, 0.717) is 34.7 Å². The molecule has 1 aromatic rings. The van der Waals surface area contributed by atoms with Crippen LogP contribution in [0.5, 0.6) is 11.5 Å². The van der Waals surface area contributed by atoms with Crippen molar-refractivity contribution < 1.29 is 19.1 Å². The fourth-order valence-corrected chi connectivity index (χ4v) is 3.10. The van der Waals surface area contributed by atoms with Gasteiger partial charge in [0.25, 0.3) is 5.91 Å². The van der Waals surface area contributed by atoms with Crippen LogP contribution < -0.4 is 14.8 Å². The average Bonchev–Trinajstić information content (AvgIpc) is 2.81. The molecule has 0 radical (unpaired) electrons. The predicted octanol–water partition coefficient (Wildman–Crippen LogP) is 3.02. The number of ether oxygens (including phenoxy) is 2. The Balaban J connectivity index is 2.40. The van der Waals surface area contributed by atoms with Gasteiger partial charge in [-0.05, 0) is 58.8 Å². The van der Waals surface area contributed by atoms with Gasteiger partial charge in [0.1, 0.15) is 12.3 Å². The highest BCUT2D eigenvalue weighted by Crippen LogP contribution is 2.37. The normalized spacial score (nSPS) is 15.3. The third-order valence-electron chi connectivity index (χ3n) is 3.18. The largest absolute Gasteiger partial charge is 0.490 e. The van der Waals surface area contributed by atoms with Crippen molar-refractivity contribution in [1.82, 2.24) is 10.2 Å². The molecule has 1 heterocycles. The van der Waals surface area contributed by atoms with Crippen LogP contribution in [0.1, 0.15) is 19.4 Å². The van der Waals surface area contributed by atoms with Gasteiger partial charge in [-0.15, -0.1) is 0 Å². The highest BCUT2D eigenvalue weighted by atomic mass is 79.9. The van der Waals surface area contributed by atoms with E-state index in [9.17, 15) is 9.59 Å². The number of rotatable bonds is 6. The van der Waals surface area contributed by atoms with E-state index in [4.69, 9.17) is 21.7 Å². The Kier molecular flexibility index (Phi) is 6.33. The Morgan fingerprint density at radius 3 is 2.72 bits per heavy atom. The summed E-state index contributed by atoms with van der Waals surface area (Å²) in [6, 6.07) is 3.52. The summed E-state index contributed by atoms with van der Waals surface area (Å²) in [6.07, 6.45) is 3.23. The van der Waals surface area contributed by atoms with Gasteiger partial charge in [-0.1, -0.05) is 12.7 Å². The molecule has 25 heavy (non-hydrogen) atoms. The number of nitrogens with one attached hydrogen (secondary N) is 1. The number of hydrogen-bond donors (Lipinski definition) is 1. The second-order valence-corrected chi connectivity index (χ2v) is 6.25. The monoisotopic (exact) mass is 424 g/mol. The first-order chi connectivity index (χ1) is 11.9. The molecule has 0 unspecified atom stereocenters. The summed E-state index contributed by atoms with van der Waals surface area (Å²) in [5.74, 6) is 0.159. The van der Waals surface area contributed by atoms with E-state index in [1.807, 2.05) is 6.92 Å². The minimum atomic E-state index is -0.487. The number of carbonyl (C=O) groups is 2. The smallest absolute Gasteiger partial charge is 0.283 e. The molecule has 2 rings (SSSR count). The van der Waals surface area contributed by atoms with Crippen LogP contribution in [0.15, 0.2) is 35.0 Å². The van der Waals surface area contributed by atoms with Crippen LogP contribution in [0.2, 0.25) is 0 Å². The minimum Gasteiger partial charge on any atom is -0.490 e. The van der Waals surface area contributed by atoms with Crippen LogP contribution >= 0.6 is 28.1 Å². The SMILES string of the molecule is C=CCOc1c(Br)cc(/C=C2/NC(=S)N(C(C)=O)C2=O)cc1OCC. The van der Waals surface area contributed by atoms with Crippen molar-refractivity contribution >= 4 is 51.2 Å². The average molecular weight is 425 g/mol. The first-order valence-electron chi connectivity index (χ1n) is 7.46. The molecule has 2 amide bonds. The molecule has 0 atom stereocenters. The minimum absolute atomic E-state index is 0.0683. The summed E-state index contributed by atoms with van der Waals surface area (Å²) < 4.78 is 11.9. The van der Waals surface area contributed by atoms with Crippen molar-refractivity contribution in [3.8, 4) is 11.5 Å². The third kappa shape index (κ3) is 4.26. The van der Waals surface area contributed by atoms with E-state index < -0.39 is 11.8 Å². The summed E-state index contributed by atoms with van der Waals surface area (Å²) in [6.45, 7) is 7.56. The molecule has 8 heteroatoms. The Labute approximate surface area is 159 Å². The van der Waals surface area contributed by atoms with E-state index in [2.05, 4.69) is 27.8 Å². The molecule has 0 aliphatic carbocycles. The number of hydrogen-bond acceptors (Lipinski definition) is 5.